The van der Waals surface area contributed by atoms with E-state index in [2.05, 4.69) is 20.8 Å². The average molecular weight is 401 g/mol. The number of carbonyl (C=O) groups excluding carboxylic acids is 2. The van der Waals surface area contributed by atoms with Crippen LogP contribution in [0.15, 0.2) is 12.2 Å². The number of hydrogen-bond donors (Lipinski definition) is 1. The Morgan fingerprint density at radius 1 is 1.30 bits per heavy atom. The van der Waals surface area contributed by atoms with Gasteiger partial charge in [0.2, 0.25) is 0 Å². The number of esters is 1. The lowest BCUT2D eigenvalue weighted by atomic mass is 9.76. The summed E-state index contributed by atoms with van der Waals surface area (Å²) in [7, 11) is -2.24. The van der Waals surface area contributed by atoms with Gasteiger partial charge in [0.05, 0.1) is 6.61 Å². The highest BCUT2D eigenvalue weighted by atomic mass is 28.4. The van der Waals surface area contributed by atoms with Crippen LogP contribution in [0, 0.1) is 0 Å². The highest BCUT2D eigenvalue weighted by Crippen LogP contribution is 2.44. The molecule has 0 radical (unpaired) electrons. The van der Waals surface area contributed by atoms with Crippen molar-refractivity contribution >= 4 is 20.1 Å². The first-order valence-electron chi connectivity index (χ1n) is 9.59. The third-order valence-electron chi connectivity index (χ3n) is 5.70. The van der Waals surface area contributed by atoms with E-state index in [-0.39, 0.29) is 6.61 Å². The third kappa shape index (κ3) is 4.19. The topological polar surface area (TPSA) is 91.3 Å². The summed E-state index contributed by atoms with van der Waals surface area (Å²) in [6, 6.07) is 2.50. The summed E-state index contributed by atoms with van der Waals surface area (Å²) in [6.07, 6.45) is 1.88. The van der Waals surface area contributed by atoms with Crippen molar-refractivity contribution in [2.24, 2.45) is 0 Å². The Labute approximate surface area is 162 Å². The zero-order valence-corrected chi connectivity index (χ0v) is 18.2. The minimum Gasteiger partial charge on any atom is -0.462 e. The Bertz CT molecular complexity index is 605. The Hall–Kier alpha value is -1.06. The largest absolute Gasteiger partial charge is 0.462 e. The lowest BCUT2D eigenvalue weighted by molar-refractivity contribution is -0.210. The SMILES string of the molecule is CC[Si](CC)(CC)O[C@@H]1[C@]2(C=CC(=O)[C@@]1(O)COC(C)=O)COC(C)(C)O2. The number of hydrogen-bond acceptors (Lipinski definition) is 7. The molecule has 0 bridgehead atoms. The van der Waals surface area contributed by atoms with Crippen LogP contribution in [0.1, 0.15) is 41.5 Å². The van der Waals surface area contributed by atoms with Crippen LogP contribution in [0.5, 0.6) is 0 Å². The average Bonchev–Trinajstić information content (AvgIpc) is 2.94. The predicted octanol–water partition coefficient (Wildman–Crippen LogP) is 2.33. The van der Waals surface area contributed by atoms with Crippen molar-refractivity contribution in [3.63, 3.8) is 0 Å². The summed E-state index contributed by atoms with van der Waals surface area (Å²) in [5.41, 5.74) is -3.15. The van der Waals surface area contributed by atoms with Crippen LogP contribution in [0.3, 0.4) is 0 Å². The van der Waals surface area contributed by atoms with Gasteiger partial charge in [-0.2, -0.15) is 0 Å². The Balaban J connectivity index is 2.52. The molecule has 27 heavy (non-hydrogen) atoms. The van der Waals surface area contributed by atoms with Crippen molar-refractivity contribution in [1.29, 1.82) is 0 Å². The minimum absolute atomic E-state index is 0.137. The molecule has 0 saturated carbocycles. The van der Waals surface area contributed by atoms with E-state index in [0.29, 0.717) is 0 Å². The van der Waals surface area contributed by atoms with Gasteiger partial charge < -0.3 is 23.7 Å². The molecular weight excluding hydrogens is 368 g/mol. The van der Waals surface area contributed by atoms with Gasteiger partial charge in [-0.05, 0) is 44.1 Å². The minimum atomic E-state index is -2.24. The molecular formula is C19H32O7Si. The first-order valence-corrected chi connectivity index (χ1v) is 12.1. The van der Waals surface area contributed by atoms with Gasteiger partial charge in [0.25, 0.3) is 0 Å². The van der Waals surface area contributed by atoms with Crippen molar-refractivity contribution in [1.82, 2.24) is 0 Å². The lowest BCUT2D eigenvalue weighted by Crippen LogP contribution is -2.68. The molecule has 0 aromatic heterocycles. The van der Waals surface area contributed by atoms with E-state index in [1.807, 2.05) is 0 Å². The Kier molecular flexibility index (Phi) is 6.38. The molecule has 1 aliphatic heterocycles. The van der Waals surface area contributed by atoms with E-state index in [1.165, 1.54) is 13.0 Å². The van der Waals surface area contributed by atoms with Crippen LogP contribution >= 0.6 is 0 Å². The maximum atomic E-state index is 12.7. The van der Waals surface area contributed by atoms with Crippen LogP contribution in [0.4, 0.5) is 0 Å². The van der Waals surface area contributed by atoms with Crippen molar-refractivity contribution in [3.8, 4) is 0 Å². The molecule has 1 spiro atoms. The van der Waals surface area contributed by atoms with Gasteiger partial charge in [-0.25, -0.2) is 0 Å². The highest BCUT2D eigenvalue weighted by Gasteiger charge is 2.63. The van der Waals surface area contributed by atoms with Crippen molar-refractivity contribution in [2.75, 3.05) is 13.2 Å². The molecule has 2 aliphatic rings. The molecule has 0 amide bonds. The molecule has 1 aliphatic carbocycles. The van der Waals surface area contributed by atoms with Crippen molar-refractivity contribution in [2.45, 2.75) is 82.8 Å². The van der Waals surface area contributed by atoms with E-state index >= 15 is 0 Å². The number of ether oxygens (including phenoxy) is 3. The second-order valence-corrected chi connectivity index (χ2v) is 12.6. The van der Waals surface area contributed by atoms with Gasteiger partial charge in [0.1, 0.15) is 18.3 Å². The molecule has 8 heteroatoms. The Morgan fingerprint density at radius 2 is 1.89 bits per heavy atom. The molecule has 0 unspecified atom stereocenters. The molecule has 0 aromatic rings. The monoisotopic (exact) mass is 400 g/mol. The molecule has 7 nitrogen and oxygen atoms in total. The standard InChI is InChI=1S/C19H32O7Si/c1-7-27(8-2,9-3)25-16-18(12-24-17(5,6)26-18)11-10-15(21)19(16,22)13-23-14(4)20/h10-11,16,22H,7-9,12-13H2,1-6H3/t16-,18+,19+/m1/s1. The molecule has 0 aromatic carbocycles. The van der Waals surface area contributed by atoms with E-state index in [1.54, 1.807) is 19.9 Å². The second kappa shape index (κ2) is 7.75. The first kappa shape index (κ1) is 22.2. The summed E-state index contributed by atoms with van der Waals surface area (Å²) in [6.45, 7) is 10.6. The normalized spacial score (nSPS) is 32.9. The fraction of sp³-hybridized carbons (Fsp3) is 0.789. The van der Waals surface area contributed by atoms with Gasteiger partial charge in [-0.3, -0.25) is 9.59 Å². The molecule has 1 N–H and O–H groups in total. The molecule has 3 atom stereocenters. The summed E-state index contributed by atoms with van der Waals surface area (Å²) in [4.78, 5) is 24.1. The van der Waals surface area contributed by atoms with Crippen molar-refractivity contribution in [3.05, 3.63) is 12.2 Å². The smallest absolute Gasteiger partial charge is 0.302 e. The zero-order valence-electron chi connectivity index (χ0n) is 17.2. The Morgan fingerprint density at radius 3 is 2.33 bits per heavy atom. The van der Waals surface area contributed by atoms with Crippen LogP contribution in [0.25, 0.3) is 0 Å². The summed E-state index contributed by atoms with van der Waals surface area (Å²) < 4.78 is 23.6. The predicted molar refractivity (Wildman–Crippen MR) is 102 cm³/mol. The van der Waals surface area contributed by atoms with E-state index < -0.39 is 49.8 Å². The molecule has 2 rings (SSSR count). The summed E-state index contributed by atoms with van der Waals surface area (Å²) in [5.74, 6) is -2.02. The summed E-state index contributed by atoms with van der Waals surface area (Å²) in [5, 5.41) is 11.4. The maximum absolute atomic E-state index is 12.7. The van der Waals surface area contributed by atoms with Gasteiger partial charge in [0.15, 0.2) is 25.5 Å². The third-order valence-corrected chi connectivity index (χ3v) is 10.3. The number of aliphatic hydroxyl groups is 1. The fourth-order valence-corrected chi connectivity index (χ4v) is 6.70. The molecule has 1 heterocycles. The van der Waals surface area contributed by atoms with Crippen molar-refractivity contribution < 1.29 is 33.3 Å². The van der Waals surface area contributed by atoms with Crippen LogP contribution in [-0.2, 0) is 28.2 Å². The van der Waals surface area contributed by atoms with Gasteiger partial charge in [-0.15, -0.1) is 0 Å². The molecule has 154 valence electrons. The number of carbonyl (C=O) groups is 2. The lowest BCUT2D eigenvalue weighted by Gasteiger charge is -2.48. The number of rotatable bonds is 7. The van der Waals surface area contributed by atoms with Crippen LogP contribution in [0.2, 0.25) is 18.1 Å². The fourth-order valence-electron chi connectivity index (χ4n) is 3.80. The maximum Gasteiger partial charge on any atom is 0.302 e. The highest BCUT2D eigenvalue weighted by molar-refractivity contribution is 6.73. The second-order valence-electron chi connectivity index (χ2n) is 7.89. The zero-order chi connectivity index (χ0) is 20.5. The molecule has 1 saturated heterocycles. The summed E-state index contributed by atoms with van der Waals surface area (Å²) >= 11 is 0. The molecule has 1 fully saturated rings. The van der Waals surface area contributed by atoms with Crippen LogP contribution < -0.4 is 0 Å². The van der Waals surface area contributed by atoms with Gasteiger partial charge in [-0.1, -0.05) is 20.8 Å². The first-order chi connectivity index (χ1) is 12.5. The number of ketones is 1. The van der Waals surface area contributed by atoms with E-state index in [0.717, 1.165) is 18.1 Å². The van der Waals surface area contributed by atoms with E-state index in [4.69, 9.17) is 18.6 Å². The van der Waals surface area contributed by atoms with E-state index in [9.17, 15) is 14.7 Å². The van der Waals surface area contributed by atoms with Crippen LogP contribution in [-0.4, -0.2) is 61.5 Å². The van der Waals surface area contributed by atoms with Gasteiger partial charge in [0, 0.05) is 6.92 Å². The quantitative estimate of drug-likeness (QED) is 0.518. The van der Waals surface area contributed by atoms with Gasteiger partial charge >= 0.3 is 5.97 Å².